The van der Waals surface area contributed by atoms with Gasteiger partial charge >= 0.3 is 0 Å². The van der Waals surface area contributed by atoms with Crippen LogP contribution in [0.2, 0.25) is 0 Å². The molecule has 148 valence electrons. The van der Waals surface area contributed by atoms with Crippen molar-refractivity contribution >= 4 is 39.8 Å². The average Bonchev–Trinajstić information content (AvgIpc) is 3.23. The molecule has 0 bridgehead atoms. The van der Waals surface area contributed by atoms with Crippen LogP contribution < -0.4 is 10.6 Å². The van der Waals surface area contributed by atoms with E-state index in [0.29, 0.717) is 11.3 Å². The number of pyridine rings is 1. The molecular weight excluding hydrogens is 399 g/mol. The van der Waals surface area contributed by atoms with E-state index in [4.69, 9.17) is 0 Å². The molecule has 0 unspecified atom stereocenters. The summed E-state index contributed by atoms with van der Waals surface area (Å²) in [5.74, 6) is -0.629. The minimum absolute atomic E-state index is 0.290. The molecule has 0 saturated carbocycles. The van der Waals surface area contributed by atoms with E-state index in [9.17, 15) is 9.18 Å². The lowest BCUT2D eigenvalue weighted by atomic mass is 10.2. The fourth-order valence-electron chi connectivity index (χ4n) is 2.71. The first-order valence-corrected chi connectivity index (χ1v) is 10.0. The van der Waals surface area contributed by atoms with Crippen molar-refractivity contribution in [1.29, 1.82) is 0 Å². The molecule has 1 amide bonds. The van der Waals surface area contributed by atoms with Crippen molar-refractivity contribution in [2.45, 2.75) is 0 Å². The van der Waals surface area contributed by atoms with E-state index in [-0.39, 0.29) is 11.7 Å². The summed E-state index contributed by atoms with van der Waals surface area (Å²) in [4.78, 5) is 20.7. The number of anilines is 3. The van der Waals surface area contributed by atoms with Gasteiger partial charge in [0.1, 0.15) is 5.82 Å². The number of amides is 1. The van der Waals surface area contributed by atoms with Gasteiger partial charge in [0.15, 0.2) is 5.13 Å². The Balaban J connectivity index is 1.35. The second kappa shape index (κ2) is 9.11. The Morgan fingerprint density at radius 3 is 2.53 bits per heavy atom. The van der Waals surface area contributed by atoms with Gasteiger partial charge in [-0.2, -0.15) is 0 Å². The lowest BCUT2D eigenvalue weighted by Gasteiger charge is -2.05. The third-order valence-electron chi connectivity index (χ3n) is 4.16. The average molecular weight is 416 g/mol. The highest BCUT2D eigenvalue weighted by Gasteiger charge is 2.05. The van der Waals surface area contributed by atoms with Crippen molar-refractivity contribution in [3.8, 4) is 11.3 Å². The van der Waals surface area contributed by atoms with Gasteiger partial charge in [0.2, 0.25) is 5.91 Å². The Morgan fingerprint density at radius 2 is 1.77 bits per heavy atom. The van der Waals surface area contributed by atoms with Crippen LogP contribution in [0.1, 0.15) is 5.56 Å². The Kier molecular flexibility index (Phi) is 5.91. The Bertz CT molecular complexity index is 1170. The van der Waals surface area contributed by atoms with Crippen molar-refractivity contribution in [3.05, 3.63) is 95.9 Å². The SMILES string of the molecule is O=C(/C=C/c1cccc(F)c1)Nc1ccc(Nc2nc(-c3ccncc3)cs2)cc1. The summed E-state index contributed by atoms with van der Waals surface area (Å²) < 4.78 is 13.2. The van der Waals surface area contributed by atoms with Crippen molar-refractivity contribution in [2.24, 2.45) is 0 Å². The van der Waals surface area contributed by atoms with Gasteiger partial charge in [-0.1, -0.05) is 12.1 Å². The smallest absolute Gasteiger partial charge is 0.248 e. The highest BCUT2D eigenvalue weighted by molar-refractivity contribution is 7.14. The zero-order valence-electron chi connectivity index (χ0n) is 15.7. The normalized spacial score (nSPS) is 10.8. The monoisotopic (exact) mass is 416 g/mol. The molecule has 2 aromatic heterocycles. The molecule has 0 spiro atoms. The van der Waals surface area contributed by atoms with Crippen LogP contribution in [0.25, 0.3) is 17.3 Å². The van der Waals surface area contributed by atoms with E-state index in [2.05, 4.69) is 20.6 Å². The van der Waals surface area contributed by atoms with E-state index in [1.54, 1.807) is 42.7 Å². The molecule has 0 aliphatic rings. The van der Waals surface area contributed by atoms with Crippen LogP contribution >= 0.6 is 11.3 Å². The summed E-state index contributed by atoms with van der Waals surface area (Å²) in [5, 5.41) is 8.79. The lowest BCUT2D eigenvalue weighted by molar-refractivity contribution is -0.111. The Hall–Kier alpha value is -3.84. The molecule has 0 fully saturated rings. The van der Waals surface area contributed by atoms with Gasteiger partial charge in [0, 0.05) is 40.8 Å². The predicted octanol–water partition coefficient (Wildman–Crippen LogP) is 5.74. The highest BCUT2D eigenvalue weighted by atomic mass is 32.1. The molecule has 4 aromatic rings. The number of hydrogen-bond acceptors (Lipinski definition) is 5. The van der Waals surface area contributed by atoms with E-state index in [1.807, 2.05) is 29.6 Å². The van der Waals surface area contributed by atoms with Crippen LogP contribution in [-0.2, 0) is 4.79 Å². The fourth-order valence-corrected chi connectivity index (χ4v) is 3.45. The number of rotatable bonds is 6. The van der Waals surface area contributed by atoms with Crippen molar-refractivity contribution in [1.82, 2.24) is 9.97 Å². The molecule has 0 radical (unpaired) electrons. The molecule has 2 N–H and O–H groups in total. The molecule has 4 rings (SSSR count). The standard InChI is InChI=1S/C23H17FN4OS/c24-18-3-1-2-16(14-18)4-9-22(29)26-19-5-7-20(8-6-19)27-23-28-21(15-30-23)17-10-12-25-13-11-17/h1-15H,(H,26,29)(H,27,28)/b9-4+. The van der Waals surface area contributed by atoms with Crippen molar-refractivity contribution < 1.29 is 9.18 Å². The van der Waals surface area contributed by atoms with Gasteiger partial charge in [0.05, 0.1) is 5.69 Å². The van der Waals surface area contributed by atoms with E-state index < -0.39 is 0 Å². The molecule has 5 nitrogen and oxygen atoms in total. The van der Waals surface area contributed by atoms with Gasteiger partial charge in [0.25, 0.3) is 0 Å². The van der Waals surface area contributed by atoms with E-state index >= 15 is 0 Å². The zero-order chi connectivity index (χ0) is 20.8. The number of benzene rings is 2. The summed E-state index contributed by atoms with van der Waals surface area (Å²) in [6.45, 7) is 0. The zero-order valence-corrected chi connectivity index (χ0v) is 16.6. The van der Waals surface area contributed by atoms with Crippen LogP contribution in [0.3, 0.4) is 0 Å². The van der Waals surface area contributed by atoms with Crippen LogP contribution in [0.4, 0.5) is 20.9 Å². The molecule has 0 saturated heterocycles. The second-order valence-corrected chi connectivity index (χ2v) is 7.21. The molecule has 30 heavy (non-hydrogen) atoms. The minimum atomic E-state index is -0.339. The second-order valence-electron chi connectivity index (χ2n) is 6.35. The maximum atomic E-state index is 13.2. The van der Waals surface area contributed by atoms with E-state index in [0.717, 1.165) is 22.1 Å². The Morgan fingerprint density at radius 1 is 1.00 bits per heavy atom. The fraction of sp³-hybridized carbons (Fsp3) is 0. The number of carbonyl (C=O) groups is 1. The number of halogens is 1. The molecule has 0 aliphatic carbocycles. The molecule has 0 atom stereocenters. The minimum Gasteiger partial charge on any atom is -0.332 e. The van der Waals surface area contributed by atoms with Crippen LogP contribution in [0, 0.1) is 5.82 Å². The maximum absolute atomic E-state index is 13.2. The van der Waals surface area contributed by atoms with Gasteiger partial charge in [-0.25, -0.2) is 9.37 Å². The largest absolute Gasteiger partial charge is 0.332 e. The van der Waals surface area contributed by atoms with Gasteiger partial charge < -0.3 is 10.6 Å². The third kappa shape index (κ3) is 5.15. The summed E-state index contributed by atoms with van der Waals surface area (Å²) in [6, 6.07) is 17.2. The molecule has 2 aromatic carbocycles. The highest BCUT2D eigenvalue weighted by Crippen LogP contribution is 2.27. The number of aromatic nitrogens is 2. The van der Waals surface area contributed by atoms with Crippen LogP contribution in [0.15, 0.2) is 84.5 Å². The first kappa shape index (κ1) is 19.5. The van der Waals surface area contributed by atoms with Gasteiger partial charge in [-0.15, -0.1) is 11.3 Å². The third-order valence-corrected chi connectivity index (χ3v) is 4.92. The summed E-state index contributed by atoms with van der Waals surface area (Å²) in [6.07, 6.45) is 6.42. The van der Waals surface area contributed by atoms with Crippen molar-refractivity contribution in [3.63, 3.8) is 0 Å². The summed E-state index contributed by atoms with van der Waals surface area (Å²) >= 11 is 1.51. The number of carbonyl (C=O) groups excluding carboxylic acids is 1. The van der Waals surface area contributed by atoms with E-state index in [1.165, 1.54) is 29.5 Å². The summed E-state index contributed by atoms with van der Waals surface area (Å²) in [5.41, 5.74) is 4.04. The first-order chi connectivity index (χ1) is 14.7. The molecule has 7 heteroatoms. The maximum Gasteiger partial charge on any atom is 0.248 e. The van der Waals surface area contributed by atoms with Crippen molar-refractivity contribution in [2.75, 3.05) is 10.6 Å². The molecule has 2 heterocycles. The number of nitrogens with one attached hydrogen (secondary N) is 2. The lowest BCUT2D eigenvalue weighted by Crippen LogP contribution is -2.07. The quantitative estimate of drug-likeness (QED) is 0.393. The van der Waals surface area contributed by atoms with Gasteiger partial charge in [-0.3, -0.25) is 9.78 Å². The molecule has 0 aliphatic heterocycles. The number of nitrogens with zero attached hydrogens (tertiary/aromatic N) is 2. The predicted molar refractivity (Wildman–Crippen MR) is 119 cm³/mol. The first-order valence-electron chi connectivity index (χ1n) is 9.13. The van der Waals surface area contributed by atoms with Crippen LogP contribution in [0.5, 0.6) is 0 Å². The Labute approximate surface area is 177 Å². The molecular formula is C23H17FN4OS. The topological polar surface area (TPSA) is 66.9 Å². The number of hydrogen-bond donors (Lipinski definition) is 2. The summed E-state index contributed by atoms with van der Waals surface area (Å²) in [7, 11) is 0. The van der Waals surface area contributed by atoms with Crippen LogP contribution in [-0.4, -0.2) is 15.9 Å². The number of thiazole rings is 1. The van der Waals surface area contributed by atoms with Gasteiger partial charge in [-0.05, 0) is 60.2 Å².